The number of anilines is 1. The average Bonchev–Trinajstić information content (AvgIpc) is 3.04. The molecule has 1 heterocycles. The first-order chi connectivity index (χ1) is 16.2. The van der Waals surface area contributed by atoms with E-state index in [-0.39, 0.29) is 16.7 Å². The van der Waals surface area contributed by atoms with E-state index < -0.39 is 10.0 Å². The first-order valence-corrected chi connectivity index (χ1v) is 13.0. The third-order valence-corrected chi connectivity index (χ3v) is 6.69. The molecular formula is C25H32N4O4S. The van der Waals surface area contributed by atoms with Gasteiger partial charge in [0.1, 0.15) is 5.84 Å². The van der Waals surface area contributed by atoms with Crippen LogP contribution in [0.3, 0.4) is 0 Å². The first-order valence-electron chi connectivity index (χ1n) is 11.6. The van der Waals surface area contributed by atoms with Crippen molar-refractivity contribution in [3.8, 4) is 0 Å². The average molecular weight is 485 g/mol. The van der Waals surface area contributed by atoms with Crippen LogP contribution in [0.25, 0.3) is 0 Å². The second-order valence-electron chi connectivity index (χ2n) is 8.77. The maximum atomic E-state index is 12.2. The van der Waals surface area contributed by atoms with Gasteiger partial charge in [0.15, 0.2) is 0 Å². The molecule has 2 aromatic carbocycles. The van der Waals surface area contributed by atoms with Crippen molar-refractivity contribution in [1.82, 2.24) is 10.0 Å². The monoisotopic (exact) mass is 484 g/mol. The van der Waals surface area contributed by atoms with Crippen molar-refractivity contribution in [3.05, 3.63) is 59.7 Å². The number of unbranched alkanes of at least 4 members (excludes halogenated alkanes) is 2. The predicted molar refractivity (Wildman–Crippen MR) is 133 cm³/mol. The first kappa shape index (κ1) is 25.4. The Morgan fingerprint density at radius 3 is 2.59 bits per heavy atom. The lowest BCUT2D eigenvalue weighted by Crippen LogP contribution is -2.22. The van der Waals surface area contributed by atoms with Gasteiger partial charge in [-0.1, -0.05) is 44.5 Å². The number of sulfonamides is 1. The van der Waals surface area contributed by atoms with Crippen molar-refractivity contribution in [2.24, 2.45) is 10.9 Å². The molecule has 0 atom stereocenters. The number of hydrogen-bond donors (Lipinski definition) is 3. The number of hydrogen-bond acceptors (Lipinski definition) is 5. The third-order valence-electron chi connectivity index (χ3n) is 5.29. The molecule has 0 fully saturated rings. The molecule has 0 saturated heterocycles. The Labute approximate surface area is 201 Å². The molecule has 0 unspecified atom stereocenters. The molecule has 0 bridgehead atoms. The summed E-state index contributed by atoms with van der Waals surface area (Å²) in [6, 6.07) is 14.3. The highest BCUT2D eigenvalue weighted by molar-refractivity contribution is 7.90. The van der Waals surface area contributed by atoms with E-state index in [4.69, 9.17) is 0 Å². The lowest BCUT2D eigenvalue weighted by molar-refractivity contribution is -0.121. The van der Waals surface area contributed by atoms with Crippen molar-refractivity contribution in [2.45, 2.75) is 57.4 Å². The maximum Gasteiger partial charge on any atom is 0.263 e. The molecule has 0 saturated carbocycles. The van der Waals surface area contributed by atoms with Gasteiger partial charge in [-0.15, -0.1) is 0 Å². The molecule has 0 spiro atoms. The minimum Gasteiger partial charge on any atom is -0.352 e. The molecule has 3 N–H and O–H groups in total. The maximum absolute atomic E-state index is 12.2. The Morgan fingerprint density at radius 2 is 1.79 bits per heavy atom. The van der Waals surface area contributed by atoms with Crippen molar-refractivity contribution in [1.29, 1.82) is 0 Å². The summed E-state index contributed by atoms with van der Waals surface area (Å²) in [4.78, 5) is 28.7. The van der Waals surface area contributed by atoms with Crippen LogP contribution in [0.15, 0.2) is 58.4 Å². The highest BCUT2D eigenvalue weighted by atomic mass is 32.2. The topological polar surface area (TPSA) is 117 Å². The quantitative estimate of drug-likeness (QED) is 0.423. The van der Waals surface area contributed by atoms with E-state index in [9.17, 15) is 18.0 Å². The van der Waals surface area contributed by atoms with Gasteiger partial charge in [-0.25, -0.2) is 8.42 Å². The van der Waals surface area contributed by atoms with Gasteiger partial charge < -0.3 is 10.6 Å². The fraction of sp³-hybridized carbons (Fsp3) is 0.400. The summed E-state index contributed by atoms with van der Waals surface area (Å²) in [5.41, 5.74) is 2.25. The van der Waals surface area contributed by atoms with Gasteiger partial charge in [-0.3, -0.25) is 19.3 Å². The highest BCUT2D eigenvalue weighted by Crippen LogP contribution is 2.22. The van der Waals surface area contributed by atoms with Crippen LogP contribution in [-0.4, -0.2) is 32.6 Å². The number of aliphatic imine (C=N–C) groups is 1. The summed E-state index contributed by atoms with van der Waals surface area (Å²) in [6.07, 6.45) is 3.19. The minimum atomic E-state index is -3.51. The van der Waals surface area contributed by atoms with Gasteiger partial charge in [-0.2, -0.15) is 0 Å². The number of nitrogens with zero attached hydrogens (tertiary/aromatic N) is 1. The van der Waals surface area contributed by atoms with Crippen molar-refractivity contribution in [3.63, 3.8) is 0 Å². The Bertz CT molecular complexity index is 1160. The zero-order valence-corrected chi connectivity index (χ0v) is 20.5. The van der Waals surface area contributed by atoms with Gasteiger partial charge in [0.25, 0.3) is 10.0 Å². The fourth-order valence-corrected chi connectivity index (χ4v) is 4.90. The van der Waals surface area contributed by atoms with Crippen LogP contribution in [-0.2, 0) is 26.2 Å². The third kappa shape index (κ3) is 7.41. The molecular weight excluding hydrogens is 452 g/mol. The van der Waals surface area contributed by atoms with Crippen LogP contribution in [0.4, 0.5) is 5.69 Å². The van der Waals surface area contributed by atoms with Crippen molar-refractivity contribution >= 4 is 33.4 Å². The largest absolute Gasteiger partial charge is 0.352 e. The van der Waals surface area contributed by atoms with Crippen LogP contribution in [0.5, 0.6) is 0 Å². The minimum absolute atomic E-state index is 0.0177. The summed E-state index contributed by atoms with van der Waals surface area (Å²) in [5, 5.41) is 5.80. The van der Waals surface area contributed by atoms with Gasteiger partial charge in [0, 0.05) is 37.2 Å². The van der Waals surface area contributed by atoms with E-state index in [0.29, 0.717) is 43.2 Å². The van der Waals surface area contributed by atoms with Crippen molar-refractivity contribution < 1.29 is 18.0 Å². The highest BCUT2D eigenvalue weighted by Gasteiger charge is 2.29. The molecule has 2 aromatic rings. The SMILES string of the molecule is CC(C)CC(=O)Nc1cccc(CNC(=O)CCCCCN=C2NS(=O)(=O)c3ccccc32)c1. The predicted octanol–water partition coefficient (Wildman–Crippen LogP) is 3.59. The molecule has 1 aliphatic rings. The standard InChI is InChI=1S/C25H32N4O4S/c1-18(2)15-24(31)28-20-10-8-9-19(16-20)17-27-23(30)13-4-3-7-14-26-25-21-11-5-6-12-22(21)34(32,33)29-25/h5-6,8-12,16,18H,3-4,7,13-15,17H2,1-2H3,(H,26,29)(H,27,30)(H,28,31). The van der Waals surface area contributed by atoms with E-state index in [0.717, 1.165) is 30.5 Å². The van der Waals surface area contributed by atoms with Crippen LogP contribution in [0.2, 0.25) is 0 Å². The Balaban J connectivity index is 1.35. The van der Waals surface area contributed by atoms with E-state index in [1.807, 2.05) is 38.1 Å². The molecule has 34 heavy (non-hydrogen) atoms. The summed E-state index contributed by atoms with van der Waals surface area (Å²) in [6.45, 7) is 4.89. The number of amides is 2. The number of carbonyl (C=O) groups is 2. The Kier molecular flexibility index (Phi) is 8.81. The number of carbonyl (C=O) groups excluding carboxylic acids is 2. The zero-order chi connectivity index (χ0) is 24.6. The lowest BCUT2D eigenvalue weighted by Gasteiger charge is -2.10. The van der Waals surface area contributed by atoms with E-state index in [2.05, 4.69) is 20.3 Å². The molecule has 182 valence electrons. The van der Waals surface area contributed by atoms with Crippen LogP contribution in [0, 0.1) is 5.92 Å². The molecule has 3 rings (SSSR count). The summed E-state index contributed by atoms with van der Waals surface area (Å²) >= 11 is 0. The normalized spacial score (nSPS) is 15.1. The fourth-order valence-electron chi connectivity index (χ4n) is 3.65. The Hall–Kier alpha value is -3.20. The molecule has 8 nitrogen and oxygen atoms in total. The molecule has 9 heteroatoms. The van der Waals surface area contributed by atoms with Gasteiger partial charge >= 0.3 is 0 Å². The van der Waals surface area contributed by atoms with Crippen LogP contribution < -0.4 is 15.4 Å². The van der Waals surface area contributed by atoms with E-state index >= 15 is 0 Å². The summed E-state index contributed by atoms with van der Waals surface area (Å²) in [5.74, 6) is 0.631. The molecule has 1 aliphatic heterocycles. The number of amidine groups is 1. The Morgan fingerprint density at radius 1 is 1.00 bits per heavy atom. The lowest BCUT2D eigenvalue weighted by atomic mass is 10.1. The number of benzene rings is 2. The van der Waals surface area contributed by atoms with Crippen molar-refractivity contribution in [2.75, 3.05) is 11.9 Å². The zero-order valence-electron chi connectivity index (χ0n) is 19.6. The smallest absolute Gasteiger partial charge is 0.263 e. The number of nitrogens with one attached hydrogen (secondary N) is 3. The van der Waals surface area contributed by atoms with E-state index in [1.54, 1.807) is 24.3 Å². The van der Waals surface area contributed by atoms with Crippen LogP contribution >= 0.6 is 0 Å². The number of rotatable bonds is 11. The van der Waals surface area contributed by atoms with Gasteiger partial charge in [0.2, 0.25) is 11.8 Å². The second kappa shape index (κ2) is 11.8. The molecule has 0 aliphatic carbocycles. The van der Waals surface area contributed by atoms with Gasteiger partial charge in [0.05, 0.1) is 4.90 Å². The van der Waals surface area contributed by atoms with E-state index in [1.165, 1.54) is 0 Å². The molecule has 0 radical (unpaired) electrons. The summed E-state index contributed by atoms with van der Waals surface area (Å²) < 4.78 is 26.7. The second-order valence-corrected chi connectivity index (χ2v) is 10.4. The summed E-state index contributed by atoms with van der Waals surface area (Å²) in [7, 11) is -3.51. The molecule has 2 amide bonds. The van der Waals surface area contributed by atoms with Gasteiger partial charge in [-0.05, 0) is 48.6 Å². The molecule has 0 aromatic heterocycles. The number of fused-ring (bicyclic) bond motifs is 1. The van der Waals surface area contributed by atoms with Crippen LogP contribution in [0.1, 0.15) is 57.1 Å².